The molecule has 0 saturated heterocycles. The highest BCUT2D eigenvalue weighted by Crippen LogP contribution is 2.46. The van der Waals surface area contributed by atoms with Crippen LogP contribution in [0.4, 0.5) is 17.1 Å². The van der Waals surface area contributed by atoms with Gasteiger partial charge in [0, 0.05) is 50.1 Å². The van der Waals surface area contributed by atoms with Crippen molar-refractivity contribution < 1.29 is 8.83 Å². The lowest BCUT2D eigenvalue weighted by atomic mass is 10.0. The zero-order valence-electron chi connectivity index (χ0n) is 26.9. The number of nitrogens with zero attached hydrogens (tertiary/aromatic N) is 2. The first-order valence-electron chi connectivity index (χ1n) is 16.9. The van der Waals surface area contributed by atoms with Gasteiger partial charge < -0.3 is 18.3 Å². The summed E-state index contributed by atoms with van der Waals surface area (Å²) in [6.45, 7) is 0. The molecule has 4 heteroatoms. The summed E-state index contributed by atoms with van der Waals surface area (Å²) in [5.41, 5.74) is 10.0. The first kappa shape index (κ1) is 27.2. The third-order valence-corrected chi connectivity index (χ3v) is 10.1. The molecule has 11 rings (SSSR count). The van der Waals surface area contributed by atoms with Crippen LogP contribution in [0.5, 0.6) is 0 Å². The van der Waals surface area contributed by atoms with E-state index in [1.807, 2.05) is 12.1 Å². The van der Waals surface area contributed by atoms with E-state index >= 15 is 0 Å². The van der Waals surface area contributed by atoms with Crippen LogP contribution in [0.2, 0.25) is 0 Å². The quantitative estimate of drug-likeness (QED) is 0.192. The van der Waals surface area contributed by atoms with Gasteiger partial charge in [0.05, 0.1) is 22.1 Å². The van der Waals surface area contributed by atoms with E-state index in [4.69, 9.17) is 8.83 Å². The van der Waals surface area contributed by atoms with Crippen LogP contribution in [0.15, 0.2) is 179 Å². The zero-order chi connectivity index (χ0) is 32.8. The molecule has 0 amide bonds. The molecule has 0 N–H and O–H groups in total. The molecule has 0 fully saturated rings. The van der Waals surface area contributed by atoms with Gasteiger partial charge in [-0.1, -0.05) is 84.9 Å². The van der Waals surface area contributed by atoms with E-state index in [2.05, 4.69) is 167 Å². The summed E-state index contributed by atoms with van der Waals surface area (Å²) < 4.78 is 15.3. The van der Waals surface area contributed by atoms with Gasteiger partial charge in [-0.05, 0) is 89.6 Å². The maximum atomic E-state index is 6.60. The monoisotopic (exact) mass is 640 g/mol. The lowest BCUT2D eigenvalue weighted by molar-refractivity contribution is 0.669. The molecule has 0 radical (unpaired) electrons. The minimum atomic E-state index is 0.851. The summed E-state index contributed by atoms with van der Waals surface area (Å²) in [5.74, 6) is 0. The summed E-state index contributed by atoms with van der Waals surface area (Å²) in [6, 6.07) is 60.1. The Morgan fingerprint density at radius 2 is 1.04 bits per heavy atom. The molecule has 0 bridgehead atoms. The van der Waals surface area contributed by atoms with E-state index < -0.39 is 0 Å². The number of rotatable bonds is 4. The van der Waals surface area contributed by atoms with Gasteiger partial charge in [-0.15, -0.1) is 0 Å². The number of fused-ring (bicyclic) bond motifs is 10. The molecule has 0 atom stereocenters. The fourth-order valence-electron chi connectivity index (χ4n) is 7.91. The Morgan fingerprint density at radius 1 is 0.380 bits per heavy atom. The molecule has 0 aliphatic rings. The van der Waals surface area contributed by atoms with E-state index in [9.17, 15) is 0 Å². The van der Waals surface area contributed by atoms with Crippen molar-refractivity contribution in [3.05, 3.63) is 170 Å². The molecular weight excluding hydrogens is 613 g/mol. The normalized spacial score (nSPS) is 12.0. The second-order valence-corrected chi connectivity index (χ2v) is 13.0. The van der Waals surface area contributed by atoms with Gasteiger partial charge in [0.15, 0.2) is 0 Å². The van der Waals surface area contributed by atoms with Gasteiger partial charge >= 0.3 is 0 Å². The van der Waals surface area contributed by atoms with Crippen LogP contribution in [-0.2, 0) is 0 Å². The van der Waals surface area contributed by atoms with Crippen molar-refractivity contribution in [2.24, 2.45) is 0 Å². The standard InChI is InChI=1S/C46H28N2O2/c1-2-13-31(14-3-1)48-39-17-8-6-15-34(39)37-27-32(22-24-40(37)48)47(41-18-10-20-43-46(41)36-16-7-9-19-42(36)49-43)33-21-23-35-38-25-29-11-4-5-12-30(29)26-44(38)50-45(35)28-33/h1-28H. The molecule has 0 spiro atoms. The molecule has 4 nitrogen and oxygen atoms in total. The number of benzene rings is 8. The number of furan rings is 2. The van der Waals surface area contributed by atoms with Gasteiger partial charge in [-0.2, -0.15) is 0 Å². The largest absolute Gasteiger partial charge is 0.456 e. The van der Waals surface area contributed by atoms with Crippen molar-refractivity contribution in [3.63, 3.8) is 0 Å². The average molecular weight is 641 g/mol. The van der Waals surface area contributed by atoms with Crippen molar-refractivity contribution in [3.8, 4) is 5.69 Å². The first-order chi connectivity index (χ1) is 24.8. The first-order valence-corrected chi connectivity index (χ1v) is 16.9. The summed E-state index contributed by atoms with van der Waals surface area (Å²) in [6.07, 6.45) is 0. The van der Waals surface area contributed by atoms with Crippen molar-refractivity contribution in [2.45, 2.75) is 0 Å². The second-order valence-electron chi connectivity index (χ2n) is 13.0. The number of aromatic nitrogens is 1. The Labute approximate surface area is 286 Å². The molecule has 234 valence electrons. The van der Waals surface area contributed by atoms with Gasteiger partial charge in [0.25, 0.3) is 0 Å². The molecular formula is C46H28N2O2. The van der Waals surface area contributed by atoms with Crippen LogP contribution in [0.1, 0.15) is 0 Å². The third-order valence-electron chi connectivity index (χ3n) is 10.1. The van der Waals surface area contributed by atoms with Crippen LogP contribution in [-0.4, -0.2) is 4.57 Å². The maximum absolute atomic E-state index is 6.60. The maximum Gasteiger partial charge on any atom is 0.137 e. The molecule has 3 aromatic heterocycles. The van der Waals surface area contributed by atoms with Crippen molar-refractivity contribution >= 4 is 93.5 Å². The second kappa shape index (κ2) is 10.4. The van der Waals surface area contributed by atoms with Gasteiger partial charge in [0.2, 0.25) is 0 Å². The summed E-state index contributed by atoms with van der Waals surface area (Å²) in [7, 11) is 0. The van der Waals surface area contributed by atoms with E-state index in [0.717, 1.165) is 72.1 Å². The van der Waals surface area contributed by atoms with Gasteiger partial charge in [0.1, 0.15) is 22.3 Å². The van der Waals surface area contributed by atoms with E-state index in [0.29, 0.717) is 0 Å². The lowest BCUT2D eigenvalue weighted by Gasteiger charge is -2.26. The van der Waals surface area contributed by atoms with Crippen molar-refractivity contribution in [1.29, 1.82) is 0 Å². The highest BCUT2D eigenvalue weighted by molar-refractivity contribution is 6.16. The Morgan fingerprint density at radius 3 is 1.94 bits per heavy atom. The minimum absolute atomic E-state index is 0.851. The molecule has 0 unspecified atom stereocenters. The van der Waals surface area contributed by atoms with E-state index in [1.54, 1.807) is 0 Å². The van der Waals surface area contributed by atoms with Crippen LogP contribution in [0, 0.1) is 0 Å². The smallest absolute Gasteiger partial charge is 0.137 e. The summed E-state index contributed by atoms with van der Waals surface area (Å²) >= 11 is 0. The summed E-state index contributed by atoms with van der Waals surface area (Å²) in [5, 5.41) is 9.15. The number of hydrogen-bond donors (Lipinski definition) is 0. The molecule has 11 aromatic rings. The van der Waals surface area contributed by atoms with E-state index in [1.165, 1.54) is 27.1 Å². The Hall–Kier alpha value is -6.78. The van der Waals surface area contributed by atoms with Crippen molar-refractivity contribution in [2.75, 3.05) is 4.90 Å². The van der Waals surface area contributed by atoms with Gasteiger partial charge in [-0.3, -0.25) is 0 Å². The number of hydrogen-bond acceptors (Lipinski definition) is 3. The minimum Gasteiger partial charge on any atom is -0.456 e. The molecule has 50 heavy (non-hydrogen) atoms. The molecule has 0 aliphatic heterocycles. The lowest BCUT2D eigenvalue weighted by Crippen LogP contribution is -2.10. The van der Waals surface area contributed by atoms with E-state index in [-0.39, 0.29) is 0 Å². The number of anilines is 3. The average Bonchev–Trinajstić information content (AvgIpc) is 3.83. The Kier molecular flexibility index (Phi) is 5.63. The summed E-state index contributed by atoms with van der Waals surface area (Å²) in [4.78, 5) is 2.35. The molecule has 3 heterocycles. The highest BCUT2D eigenvalue weighted by Gasteiger charge is 2.22. The van der Waals surface area contributed by atoms with Crippen molar-refractivity contribution in [1.82, 2.24) is 4.57 Å². The fraction of sp³-hybridized carbons (Fsp3) is 0. The van der Waals surface area contributed by atoms with Crippen LogP contribution in [0.3, 0.4) is 0 Å². The zero-order valence-corrected chi connectivity index (χ0v) is 26.9. The third kappa shape index (κ3) is 3.93. The van der Waals surface area contributed by atoms with Crippen LogP contribution in [0.25, 0.3) is 82.1 Å². The predicted molar refractivity (Wildman–Crippen MR) is 208 cm³/mol. The Bertz CT molecular complexity index is 3110. The SMILES string of the molecule is c1ccc(-n2c3ccccc3c3cc(N(c4ccc5c(c4)oc4cc6ccccc6cc45)c4cccc5oc6ccccc6c45)ccc32)cc1. The predicted octanol–water partition coefficient (Wildman–Crippen LogP) is 13.2. The molecule has 8 aromatic carbocycles. The molecule has 0 aliphatic carbocycles. The number of para-hydroxylation sites is 3. The topological polar surface area (TPSA) is 34.5 Å². The highest BCUT2D eigenvalue weighted by atomic mass is 16.3. The fourth-order valence-corrected chi connectivity index (χ4v) is 7.91. The van der Waals surface area contributed by atoms with Gasteiger partial charge in [-0.25, -0.2) is 0 Å². The van der Waals surface area contributed by atoms with Crippen LogP contribution < -0.4 is 4.90 Å². The molecule has 0 saturated carbocycles. The Balaban J connectivity index is 1.19. The van der Waals surface area contributed by atoms with Crippen LogP contribution >= 0.6 is 0 Å².